The molecular formula is C16H19FN2O. The van der Waals surface area contributed by atoms with Crippen LogP contribution in [-0.4, -0.2) is 12.1 Å². The molecule has 1 heterocycles. The van der Waals surface area contributed by atoms with Crippen LogP contribution in [0.2, 0.25) is 0 Å². The van der Waals surface area contributed by atoms with E-state index in [1.54, 1.807) is 13.3 Å². The molecule has 0 aliphatic heterocycles. The molecule has 0 aliphatic rings. The summed E-state index contributed by atoms with van der Waals surface area (Å²) in [7, 11) is 1.67. The van der Waals surface area contributed by atoms with Crippen LogP contribution in [0.1, 0.15) is 29.7 Å². The topological polar surface area (TPSA) is 34.1 Å². The fraction of sp³-hybridized carbons (Fsp3) is 0.312. The van der Waals surface area contributed by atoms with E-state index in [2.05, 4.69) is 10.3 Å². The van der Waals surface area contributed by atoms with Crippen molar-refractivity contribution < 1.29 is 9.13 Å². The molecule has 0 fully saturated rings. The smallest absolute Gasteiger partial charge is 0.141 e. The average molecular weight is 274 g/mol. The molecule has 0 radical (unpaired) electrons. The Balaban J connectivity index is 2.26. The molecule has 0 amide bonds. The van der Waals surface area contributed by atoms with Crippen molar-refractivity contribution in [2.24, 2.45) is 0 Å². The zero-order valence-corrected chi connectivity index (χ0v) is 12.2. The van der Waals surface area contributed by atoms with Crippen LogP contribution in [0.5, 0.6) is 5.75 Å². The van der Waals surface area contributed by atoms with Gasteiger partial charge in [-0.1, -0.05) is 6.07 Å². The zero-order valence-electron chi connectivity index (χ0n) is 12.2. The standard InChI is InChI=1S/C16H19FN2O/c1-10-5-6-15(11(2)16(10)20-4)19-12(3)13-7-14(17)9-18-8-13/h5-9,12,19H,1-4H3. The molecule has 1 aromatic carbocycles. The summed E-state index contributed by atoms with van der Waals surface area (Å²) >= 11 is 0. The lowest BCUT2D eigenvalue weighted by Gasteiger charge is -2.19. The summed E-state index contributed by atoms with van der Waals surface area (Å²) in [5.74, 6) is 0.550. The summed E-state index contributed by atoms with van der Waals surface area (Å²) in [6, 6.07) is 5.47. The molecule has 0 bridgehead atoms. The van der Waals surface area contributed by atoms with E-state index in [1.165, 1.54) is 12.3 Å². The van der Waals surface area contributed by atoms with Crippen molar-refractivity contribution in [3.8, 4) is 5.75 Å². The second-order valence-electron chi connectivity index (χ2n) is 4.89. The number of pyridine rings is 1. The normalized spacial score (nSPS) is 12.1. The number of nitrogens with one attached hydrogen (secondary N) is 1. The number of rotatable bonds is 4. The molecule has 0 spiro atoms. The second-order valence-corrected chi connectivity index (χ2v) is 4.89. The molecule has 0 saturated carbocycles. The van der Waals surface area contributed by atoms with Crippen LogP contribution in [0.25, 0.3) is 0 Å². The number of aryl methyl sites for hydroxylation is 1. The van der Waals surface area contributed by atoms with E-state index >= 15 is 0 Å². The van der Waals surface area contributed by atoms with Crippen molar-refractivity contribution in [3.05, 3.63) is 53.1 Å². The highest BCUT2D eigenvalue weighted by Crippen LogP contribution is 2.31. The van der Waals surface area contributed by atoms with Crippen LogP contribution in [0, 0.1) is 19.7 Å². The maximum absolute atomic E-state index is 13.2. The van der Waals surface area contributed by atoms with Gasteiger partial charge in [-0.05, 0) is 44.0 Å². The first-order chi connectivity index (χ1) is 9.52. The molecule has 1 aromatic heterocycles. The third-order valence-electron chi connectivity index (χ3n) is 3.40. The zero-order chi connectivity index (χ0) is 14.7. The van der Waals surface area contributed by atoms with Crippen molar-refractivity contribution >= 4 is 5.69 Å². The molecule has 0 aliphatic carbocycles. The fourth-order valence-electron chi connectivity index (χ4n) is 2.28. The Morgan fingerprint density at radius 1 is 1.25 bits per heavy atom. The highest BCUT2D eigenvalue weighted by Gasteiger charge is 2.12. The summed E-state index contributed by atoms with van der Waals surface area (Å²) in [5.41, 5.74) is 3.92. The van der Waals surface area contributed by atoms with E-state index in [4.69, 9.17) is 4.74 Å². The Bertz CT molecular complexity index is 613. The Morgan fingerprint density at radius 2 is 2.00 bits per heavy atom. The molecule has 2 rings (SSSR count). The SMILES string of the molecule is COc1c(C)ccc(NC(C)c2cncc(F)c2)c1C. The molecular weight excluding hydrogens is 255 g/mol. The van der Waals surface area contributed by atoms with Crippen LogP contribution in [0.15, 0.2) is 30.6 Å². The third-order valence-corrected chi connectivity index (χ3v) is 3.40. The summed E-state index contributed by atoms with van der Waals surface area (Å²) < 4.78 is 18.6. The molecule has 4 heteroatoms. The summed E-state index contributed by atoms with van der Waals surface area (Å²) in [6.07, 6.45) is 2.87. The number of benzene rings is 1. The Labute approximate surface area is 118 Å². The predicted octanol–water partition coefficient (Wildman–Crippen LogP) is 4.02. The van der Waals surface area contributed by atoms with Gasteiger partial charge in [0.15, 0.2) is 0 Å². The molecule has 1 unspecified atom stereocenters. The third kappa shape index (κ3) is 2.90. The number of methoxy groups -OCH3 is 1. The van der Waals surface area contributed by atoms with Gasteiger partial charge in [0, 0.05) is 17.4 Å². The van der Waals surface area contributed by atoms with E-state index < -0.39 is 0 Å². The van der Waals surface area contributed by atoms with Gasteiger partial charge in [-0.25, -0.2) is 4.39 Å². The van der Waals surface area contributed by atoms with E-state index in [1.807, 2.05) is 32.9 Å². The van der Waals surface area contributed by atoms with Crippen LogP contribution >= 0.6 is 0 Å². The van der Waals surface area contributed by atoms with Gasteiger partial charge >= 0.3 is 0 Å². The highest BCUT2D eigenvalue weighted by molar-refractivity contribution is 5.60. The Morgan fingerprint density at radius 3 is 2.65 bits per heavy atom. The molecule has 106 valence electrons. The molecule has 0 saturated heterocycles. The number of aromatic nitrogens is 1. The largest absolute Gasteiger partial charge is 0.496 e. The molecule has 2 aromatic rings. The van der Waals surface area contributed by atoms with Crippen molar-refractivity contribution in [2.75, 3.05) is 12.4 Å². The molecule has 1 N–H and O–H groups in total. The van der Waals surface area contributed by atoms with E-state index in [-0.39, 0.29) is 11.9 Å². The van der Waals surface area contributed by atoms with Crippen LogP contribution in [0.3, 0.4) is 0 Å². The van der Waals surface area contributed by atoms with Crippen LogP contribution in [-0.2, 0) is 0 Å². The summed E-state index contributed by atoms with van der Waals surface area (Å²) in [4.78, 5) is 3.88. The maximum atomic E-state index is 13.2. The lowest BCUT2D eigenvalue weighted by Crippen LogP contribution is -2.09. The number of hydrogen-bond acceptors (Lipinski definition) is 3. The average Bonchev–Trinajstić information content (AvgIpc) is 2.42. The van der Waals surface area contributed by atoms with Gasteiger partial charge < -0.3 is 10.1 Å². The first-order valence-electron chi connectivity index (χ1n) is 6.54. The van der Waals surface area contributed by atoms with Gasteiger partial charge in [0.25, 0.3) is 0 Å². The monoisotopic (exact) mass is 274 g/mol. The number of nitrogens with zero attached hydrogens (tertiary/aromatic N) is 1. The van der Waals surface area contributed by atoms with Crippen molar-refractivity contribution in [1.82, 2.24) is 4.98 Å². The van der Waals surface area contributed by atoms with Crippen molar-refractivity contribution in [2.45, 2.75) is 26.8 Å². The number of halogens is 1. The minimum Gasteiger partial charge on any atom is -0.496 e. The van der Waals surface area contributed by atoms with Gasteiger partial charge in [-0.3, -0.25) is 4.98 Å². The van der Waals surface area contributed by atoms with Crippen molar-refractivity contribution in [3.63, 3.8) is 0 Å². The van der Waals surface area contributed by atoms with E-state index in [0.29, 0.717) is 0 Å². The van der Waals surface area contributed by atoms with E-state index in [0.717, 1.165) is 28.1 Å². The Hall–Kier alpha value is -2.10. The number of hydrogen-bond donors (Lipinski definition) is 1. The molecule has 3 nitrogen and oxygen atoms in total. The predicted molar refractivity (Wildman–Crippen MR) is 78.7 cm³/mol. The quantitative estimate of drug-likeness (QED) is 0.914. The highest BCUT2D eigenvalue weighted by atomic mass is 19.1. The lowest BCUT2D eigenvalue weighted by molar-refractivity contribution is 0.409. The number of ether oxygens (including phenoxy) is 1. The van der Waals surface area contributed by atoms with Gasteiger partial charge in [-0.2, -0.15) is 0 Å². The first kappa shape index (κ1) is 14.3. The maximum Gasteiger partial charge on any atom is 0.141 e. The van der Waals surface area contributed by atoms with E-state index in [9.17, 15) is 4.39 Å². The molecule has 20 heavy (non-hydrogen) atoms. The first-order valence-corrected chi connectivity index (χ1v) is 6.54. The lowest BCUT2D eigenvalue weighted by atomic mass is 10.1. The molecule has 1 atom stereocenters. The van der Waals surface area contributed by atoms with Crippen LogP contribution in [0.4, 0.5) is 10.1 Å². The Kier molecular flexibility index (Phi) is 4.23. The summed E-state index contributed by atoms with van der Waals surface area (Å²) in [6.45, 7) is 5.99. The van der Waals surface area contributed by atoms with Gasteiger partial charge in [0.2, 0.25) is 0 Å². The van der Waals surface area contributed by atoms with Crippen molar-refractivity contribution in [1.29, 1.82) is 0 Å². The fourth-order valence-corrected chi connectivity index (χ4v) is 2.28. The van der Waals surface area contributed by atoms with Gasteiger partial charge in [-0.15, -0.1) is 0 Å². The minimum atomic E-state index is -0.325. The van der Waals surface area contributed by atoms with Gasteiger partial charge in [0.05, 0.1) is 19.3 Å². The second kappa shape index (κ2) is 5.90. The van der Waals surface area contributed by atoms with Gasteiger partial charge in [0.1, 0.15) is 11.6 Å². The van der Waals surface area contributed by atoms with Crippen LogP contribution < -0.4 is 10.1 Å². The number of anilines is 1. The summed E-state index contributed by atoms with van der Waals surface area (Å²) in [5, 5.41) is 3.37. The minimum absolute atomic E-state index is 0.0377.